The number of aliphatic hydroxyl groups excluding tert-OH is 1. The Labute approximate surface area is 122 Å². The molecule has 0 aromatic heterocycles. The zero-order valence-corrected chi connectivity index (χ0v) is 12.7. The van der Waals surface area contributed by atoms with Crippen LogP contribution in [0.25, 0.3) is 0 Å². The van der Waals surface area contributed by atoms with Crippen molar-refractivity contribution in [1.82, 2.24) is 4.90 Å². The Morgan fingerprint density at radius 2 is 1.90 bits per heavy atom. The van der Waals surface area contributed by atoms with Crippen LogP contribution in [0.4, 0.5) is 13.6 Å². The van der Waals surface area contributed by atoms with Gasteiger partial charge in [0, 0.05) is 24.8 Å². The molecule has 0 bridgehead atoms. The maximum Gasteiger partial charge on any atom is 0.410 e. The van der Waals surface area contributed by atoms with Crippen molar-refractivity contribution in [3.8, 4) is 0 Å². The summed E-state index contributed by atoms with van der Waals surface area (Å²) in [7, 11) is 0. The molecule has 2 fully saturated rings. The Bertz CT molecular complexity index is 427. The molecule has 1 unspecified atom stereocenters. The molecule has 1 amide bonds. The second kappa shape index (κ2) is 4.78. The molecule has 1 aliphatic carbocycles. The molecule has 1 aliphatic heterocycles. The van der Waals surface area contributed by atoms with Crippen molar-refractivity contribution in [2.24, 2.45) is 5.41 Å². The number of rotatable bonds is 2. The van der Waals surface area contributed by atoms with Crippen LogP contribution in [-0.2, 0) is 4.74 Å². The summed E-state index contributed by atoms with van der Waals surface area (Å²) < 4.78 is 31.6. The SMILES string of the molecule is CC(C)(C)OC(=O)N1CCC(O)(C2(CO)CC(F)(F)C2)C1. The number of likely N-dealkylation sites (tertiary alicyclic amines) is 1. The first kappa shape index (κ1) is 16.4. The predicted molar refractivity (Wildman–Crippen MR) is 71.1 cm³/mol. The molecule has 1 saturated heterocycles. The van der Waals surface area contributed by atoms with Gasteiger partial charge in [0.1, 0.15) is 5.60 Å². The highest BCUT2D eigenvalue weighted by atomic mass is 19.3. The number of ether oxygens (including phenoxy) is 1. The van der Waals surface area contributed by atoms with Crippen LogP contribution in [0.1, 0.15) is 40.0 Å². The molecule has 0 aromatic carbocycles. The lowest BCUT2D eigenvalue weighted by atomic mass is 9.56. The third kappa shape index (κ3) is 2.99. The van der Waals surface area contributed by atoms with Crippen LogP contribution >= 0.6 is 0 Å². The fourth-order valence-electron chi connectivity index (χ4n) is 3.24. The summed E-state index contributed by atoms with van der Waals surface area (Å²) in [6, 6.07) is 0. The van der Waals surface area contributed by atoms with Gasteiger partial charge in [0.25, 0.3) is 0 Å². The number of carbonyl (C=O) groups excluding carboxylic acids is 1. The fourth-order valence-corrected chi connectivity index (χ4v) is 3.24. The monoisotopic (exact) mass is 307 g/mol. The molecule has 7 heteroatoms. The lowest BCUT2D eigenvalue weighted by Crippen LogP contribution is -2.63. The van der Waals surface area contributed by atoms with Gasteiger partial charge in [-0.3, -0.25) is 0 Å². The van der Waals surface area contributed by atoms with Gasteiger partial charge in [0.15, 0.2) is 0 Å². The van der Waals surface area contributed by atoms with E-state index < -0.39 is 48.1 Å². The van der Waals surface area contributed by atoms with Gasteiger partial charge in [-0.1, -0.05) is 0 Å². The number of β-amino-alcohol motifs (C(OH)–C–C–N with tert-alkyl or cyclic N) is 1. The molecule has 0 radical (unpaired) electrons. The largest absolute Gasteiger partial charge is 0.444 e. The average molecular weight is 307 g/mol. The Hall–Kier alpha value is -0.950. The zero-order valence-electron chi connectivity index (χ0n) is 12.7. The lowest BCUT2D eigenvalue weighted by Gasteiger charge is -2.54. The topological polar surface area (TPSA) is 70.0 Å². The first-order chi connectivity index (χ1) is 9.42. The number of aliphatic hydroxyl groups is 2. The van der Waals surface area contributed by atoms with Crippen molar-refractivity contribution in [3.63, 3.8) is 0 Å². The number of carbonyl (C=O) groups is 1. The quantitative estimate of drug-likeness (QED) is 0.815. The van der Waals surface area contributed by atoms with Crippen LogP contribution in [0.5, 0.6) is 0 Å². The smallest absolute Gasteiger partial charge is 0.410 e. The van der Waals surface area contributed by atoms with Gasteiger partial charge in [-0.2, -0.15) is 0 Å². The summed E-state index contributed by atoms with van der Waals surface area (Å²) in [6.07, 6.45) is -1.50. The van der Waals surface area contributed by atoms with E-state index in [1.54, 1.807) is 20.8 Å². The van der Waals surface area contributed by atoms with Crippen molar-refractivity contribution in [3.05, 3.63) is 0 Å². The summed E-state index contributed by atoms with van der Waals surface area (Å²) in [6.45, 7) is 4.83. The van der Waals surface area contributed by atoms with Crippen molar-refractivity contribution in [2.45, 2.75) is 57.2 Å². The van der Waals surface area contributed by atoms with E-state index in [1.807, 2.05) is 0 Å². The normalized spacial score (nSPS) is 30.9. The third-order valence-electron chi connectivity index (χ3n) is 4.38. The summed E-state index contributed by atoms with van der Waals surface area (Å²) in [4.78, 5) is 13.3. The van der Waals surface area contributed by atoms with Gasteiger partial charge in [0.2, 0.25) is 5.92 Å². The highest BCUT2D eigenvalue weighted by molar-refractivity contribution is 5.68. The second-order valence-electron chi connectivity index (χ2n) is 7.33. The molecule has 1 atom stereocenters. The highest BCUT2D eigenvalue weighted by Crippen LogP contribution is 2.59. The van der Waals surface area contributed by atoms with Crippen LogP contribution in [0.2, 0.25) is 0 Å². The van der Waals surface area contributed by atoms with E-state index in [9.17, 15) is 23.8 Å². The van der Waals surface area contributed by atoms with E-state index in [4.69, 9.17) is 4.74 Å². The van der Waals surface area contributed by atoms with Crippen molar-refractivity contribution in [1.29, 1.82) is 0 Å². The van der Waals surface area contributed by atoms with E-state index in [0.717, 1.165) is 0 Å². The van der Waals surface area contributed by atoms with E-state index >= 15 is 0 Å². The number of amides is 1. The molecular weight excluding hydrogens is 284 g/mol. The Morgan fingerprint density at radius 3 is 2.33 bits per heavy atom. The average Bonchev–Trinajstić information content (AvgIpc) is 2.67. The first-order valence-corrected chi connectivity index (χ1v) is 7.11. The minimum atomic E-state index is -2.85. The molecule has 21 heavy (non-hydrogen) atoms. The number of hydrogen-bond donors (Lipinski definition) is 2. The van der Waals surface area contributed by atoms with Gasteiger partial charge in [0.05, 0.1) is 18.8 Å². The standard InChI is InChI=1S/C14H23F2NO4/c1-11(2,3)21-10(19)17-5-4-13(20,8-17)12(9-18)6-14(15,16)7-12/h18,20H,4-9H2,1-3H3. The molecule has 5 nitrogen and oxygen atoms in total. The van der Waals surface area contributed by atoms with Gasteiger partial charge < -0.3 is 19.8 Å². The zero-order chi connectivity index (χ0) is 16.1. The summed E-state index contributed by atoms with van der Waals surface area (Å²) >= 11 is 0. The molecule has 2 rings (SSSR count). The summed E-state index contributed by atoms with van der Waals surface area (Å²) in [5.74, 6) is -2.85. The van der Waals surface area contributed by atoms with Crippen LogP contribution < -0.4 is 0 Å². The molecule has 122 valence electrons. The van der Waals surface area contributed by atoms with Crippen molar-refractivity contribution in [2.75, 3.05) is 19.7 Å². The number of hydrogen-bond acceptors (Lipinski definition) is 4. The minimum absolute atomic E-state index is 0.0848. The van der Waals surface area contributed by atoms with Crippen molar-refractivity contribution < 1.29 is 28.5 Å². The first-order valence-electron chi connectivity index (χ1n) is 7.11. The summed E-state index contributed by atoms with van der Waals surface area (Å²) in [5.41, 5.74) is -3.37. The molecule has 0 spiro atoms. The Kier molecular flexibility index (Phi) is 3.73. The maximum atomic E-state index is 13.2. The lowest BCUT2D eigenvalue weighted by molar-refractivity contribution is -0.247. The van der Waals surface area contributed by atoms with Crippen LogP contribution in [0, 0.1) is 5.41 Å². The van der Waals surface area contributed by atoms with E-state index in [2.05, 4.69) is 0 Å². The molecular formula is C14H23F2NO4. The second-order valence-corrected chi connectivity index (χ2v) is 7.33. The third-order valence-corrected chi connectivity index (χ3v) is 4.38. The molecule has 2 N–H and O–H groups in total. The molecule has 0 aromatic rings. The fraction of sp³-hybridized carbons (Fsp3) is 0.929. The van der Waals surface area contributed by atoms with Crippen LogP contribution in [0.3, 0.4) is 0 Å². The number of halogens is 2. The van der Waals surface area contributed by atoms with Gasteiger partial charge in [-0.25, -0.2) is 13.6 Å². The highest BCUT2D eigenvalue weighted by Gasteiger charge is 2.67. The maximum absolute atomic E-state index is 13.2. The Balaban J connectivity index is 2.05. The Morgan fingerprint density at radius 1 is 1.33 bits per heavy atom. The molecule has 1 heterocycles. The van der Waals surface area contributed by atoms with Crippen LogP contribution in [0.15, 0.2) is 0 Å². The molecule has 1 saturated carbocycles. The minimum Gasteiger partial charge on any atom is -0.444 e. The van der Waals surface area contributed by atoms with Gasteiger partial charge in [-0.05, 0) is 27.2 Å². The number of nitrogens with zero attached hydrogens (tertiary/aromatic N) is 1. The summed E-state index contributed by atoms with van der Waals surface area (Å²) in [5, 5.41) is 20.1. The van der Waals surface area contributed by atoms with Gasteiger partial charge in [-0.15, -0.1) is 0 Å². The van der Waals surface area contributed by atoms with Gasteiger partial charge >= 0.3 is 6.09 Å². The van der Waals surface area contributed by atoms with Crippen molar-refractivity contribution >= 4 is 6.09 Å². The van der Waals surface area contributed by atoms with E-state index in [1.165, 1.54) is 4.90 Å². The van der Waals surface area contributed by atoms with E-state index in [-0.39, 0.29) is 19.5 Å². The molecule has 2 aliphatic rings. The van der Waals surface area contributed by atoms with E-state index in [0.29, 0.717) is 0 Å². The number of alkyl halides is 2. The predicted octanol–water partition coefficient (Wildman–Crippen LogP) is 1.77. The van der Waals surface area contributed by atoms with Crippen LogP contribution in [-0.4, -0.2) is 58.0 Å².